The van der Waals surface area contributed by atoms with Crippen LogP contribution in [0.4, 0.5) is 4.39 Å². The number of thiophene rings is 1. The van der Waals surface area contributed by atoms with Crippen LogP contribution in [0.1, 0.15) is 27.0 Å². The molecule has 0 aliphatic rings. The highest BCUT2D eigenvalue weighted by Gasteiger charge is 2.29. The maximum Gasteiger partial charge on any atom is 0.264 e. The SMILES string of the molecule is Cc1nn(-c2ccccc2)c2sc(C(=O)N(C)C(C(N)=O)c3cccc(F)c3)cc12. The summed E-state index contributed by atoms with van der Waals surface area (Å²) < 4.78 is 15.5. The van der Waals surface area contributed by atoms with E-state index in [-0.39, 0.29) is 5.91 Å². The number of carbonyl (C=O) groups is 2. The number of aromatic nitrogens is 2. The third kappa shape index (κ3) is 3.46. The van der Waals surface area contributed by atoms with E-state index < -0.39 is 17.8 Å². The Kier molecular flexibility index (Phi) is 5.09. The van der Waals surface area contributed by atoms with Crippen molar-refractivity contribution in [2.45, 2.75) is 13.0 Å². The first kappa shape index (κ1) is 19.8. The lowest BCUT2D eigenvalue weighted by Crippen LogP contribution is -2.38. The van der Waals surface area contributed by atoms with Gasteiger partial charge in [-0.15, -0.1) is 11.3 Å². The minimum Gasteiger partial charge on any atom is -0.368 e. The van der Waals surface area contributed by atoms with E-state index in [4.69, 9.17) is 5.73 Å². The van der Waals surface area contributed by atoms with Crippen LogP contribution in [0.25, 0.3) is 15.9 Å². The van der Waals surface area contributed by atoms with Gasteiger partial charge in [-0.25, -0.2) is 9.07 Å². The number of likely N-dealkylation sites (N-methyl/N-ethyl adjacent to an activating group) is 1. The van der Waals surface area contributed by atoms with Crippen LogP contribution in [-0.4, -0.2) is 33.5 Å². The average Bonchev–Trinajstić information content (AvgIpc) is 3.28. The largest absolute Gasteiger partial charge is 0.368 e. The minimum atomic E-state index is -1.08. The molecule has 0 aliphatic carbocycles. The van der Waals surface area contributed by atoms with E-state index in [1.807, 2.05) is 37.3 Å². The number of nitrogens with two attached hydrogens (primary N) is 1. The van der Waals surface area contributed by atoms with Gasteiger partial charge in [-0.3, -0.25) is 9.59 Å². The van der Waals surface area contributed by atoms with Gasteiger partial charge in [0.25, 0.3) is 5.91 Å². The van der Waals surface area contributed by atoms with Gasteiger partial charge in [-0.05, 0) is 42.8 Å². The Morgan fingerprint density at radius 1 is 1.13 bits per heavy atom. The van der Waals surface area contributed by atoms with E-state index in [0.29, 0.717) is 10.4 Å². The van der Waals surface area contributed by atoms with Crippen LogP contribution in [0.5, 0.6) is 0 Å². The van der Waals surface area contributed by atoms with Crippen LogP contribution in [0, 0.1) is 12.7 Å². The molecule has 0 saturated carbocycles. The highest BCUT2D eigenvalue weighted by atomic mass is 32.1. The lowest BCUT2D eigenvalue weighted by Gasteiger charge is -2.25. The summed E-state index contributed by atoms with van der Waals surface area (Å²) in [6.45, 7) is 1.88. The zero-order valence-corrected chi connectivity index (χ0v) is 17.2. The first-order valence-electron chi connectivity index (χ1n) is 9.23. The smallest absolute Gasteiger partial charge is 0.264 e. The molecule has 0 spiro atoms. The Bertz CT molecular complexity index is 1250. The fourth-order valence-corrected chi connectivity index (χ4v) is 4.61. The van der Waals surface area contributed by atoms with E-state index in [9.17, 15) is 14.0 Å². The molecule has 0 fully saturated rings. The molecule has 2 aromatic carbocycles. The van der Waals surface area contributed by atoms with E-state index in [1.54, 1.807) is 16.8 Å². The summed E-state index contributed by atoms with van der Waals surface area (Å²) >= 11 is 1.29. The van der Waals surface area contributed by atoms with Gasteiger partial charge in [-0.1, -0.05) is 30.3 Å². The number of benzene rings is 2. The zero-order valence-electron chi connectivity index (χ0n) is 16.4. The maximum atomic E-state index is 13.7. The summed E-state index contributed by atoms with van der Waals surface area (Å²) in [6.07, 6.45) is 0. The molecule has 2 amide bonds. The predicted octanol–water partition coefficient (Wildman–Crippen LogP) is 3.83. The van der Waals surface area contributed by atoms with Gasteiger partial charge in [0.1, 0.15) is 16.7 Å². The maximum absolute atomic E-state index is 13.7. The molecule has 1 atom stereocenters. The molecule has 4 rings (SSSR count). The standard InChI is InChI=1S/C22H19FN4O2S/c1-13-17-12-18(30-22(17)27(25-13)16-9-4-3-5-10-16)21(29)26(2)19(20(24)28)14-7-6-8-15(23)11-14/h3-12,19H,1-2H3,(H2,24,28). The van der Waals surface area contributed by atoms with E-state index >= 15 is 0 Å². The molecule has 152 valence electrons. The topological polar surface area (TPSA) is 81.2 Å². The molecule has 0 radical (unpaired) electrons. The first-order chi connectivity index (χ1) is 14.4. The van der Waals surface area contributed by atoms with Crippen LogP contribution >= 0.6 is 11.3 Å². The second-order valence-corrected chi connectivity index (χ2v) is 7.97. The van der Waals surface area contributed by atoms with E-state index in [1.165, 1.54) is 41.5 Å². The van der Waals surface area contributed by atoms with Crippen LogP contribution in [0.2, 0.25) is 0 Å². The van der Waals surface area contributed by atoms with Crippen molar-refractivity contribution >= 4 is 33.4 Å². The molecule has 0 aliphatic heterocycles. The van der Waals surface area contributed by atoms with Crippen LogP contribution in [-0.2, 0) is 4.79 Å². The van der Waals surface area contributed by atoms with Crippen molar-refractivity contribution in [1.29, 1.82) is 0 Å². The molecule has 4 aromatic rings. The van der Waals surface area contributed by atoms with Crippen molar-refractivity contribution in [3.8, 4) is 5.69 Å². The predicted molar refractivity (Wildman–Crippen MR) is 114 cm³/mol. The molecule has 1 unspecified atom stereocenters. The molecule has 2 heterocycles. The first-order valence-corrected chi connectivity index (χ1v) is 10.0. The van der Waals surface area contributed by atoms with Crippen LogP contribution in [0.15, 0.2) is 60.7 Å². The molecule has 8 heteroatoms. The van der Waals surface area contributed by atoms with Gasteiger partial charge in [0.15, 0.2) is 0 Å². The summed E-state index contributed by atoms with van der Waals surface area (Å²) in [5.41, 5.74) is 7.56. The number of aryl methyl sites for hydroxylation is 1. The number of para-hydroxylation sites is 1. The van der Waals surface area contributed by atoms with Crippen molar-refractivity contribution in [2.75, 3.05) is 7.05 Å². The third-order valence-corrected chi connectivity index (χ3v) is 6.00. The molecule has 0 saturated heterocycles. The third-order valence-electron chi connectivity index (χ3n) is 4.90. The second-order valence-electron chi connectivity index (χ2n) is 6.94. The highest BCUT2D eigenvalue weighted by molar-refractivity contribution is 7.20. The summed E-state index contributed by atoms with van der Waals surface area (Å²) in [6, 6.07) is 15.9. The van der Waals surface area contributed by atoms with E-state index in [0.717, 1.165) is 21.6 Å². The van der Waals surface area contributed by atoms with Crippen LogP contribution < -0.4 is 5.73 Å². The fourth-order valence-electron chi connectivity index (χ4n) is 3.44. The Labute approximate surface area is 176 Å². The molecular formula is C22H19FN4O2S. The quantitative estimate of drug-likeness (QED) is 0.531. The lowest BCUT2D eigenvalue weighted by atomic mass is 10.0. The molecule has 0 bridgehead atoms. The molecular weight excluding hydrogens is 403 g/mol. The van der Waals surface area contributed by atoms with Gasteiger partial charge >= 0.3 is 0 Å². The van der Waals surface area contributed by atoms with Crippen molar-refractivity contribution in [2.24, 2.45) is 5.73 Å². The number of carbonyl (C=O) groups excluding carboxylic acids is 2. The van der Waals surface area contributed by atoms with Gasteiger partial charge in [0.05, 0.1) is 16.3 Å². The zero-order chi connectivity index (χ0) is 21.4. The number of halogens is 1. The number of nitrogens with zero attached hydrogens (tertiary/aromatic N) is 3. The molecule has 6 nitrogen and oxygen atoms in total. The average molecular weight is 422 g/mol. The van der Waals surface area contributed by atoms with Crippen molar-refractivity contribution in [3.63, 3.8) is 0 Å². The van der Waals surface area contributed by atoms with Gasteiger partial charge in [-0.2, -0.15) is 5.10 Å². The number of primary amides is 1. The number of amides is 2. The fraction of sp³-hybridized carbons (Fsp3) is 0.136. The number of rotatable bonds is 5. The van der Waals surface area contributed by atoms with Gasteiger partial charge < -0.3 is 10.6 Å². The number of fused-ring (bicyclic) bond motifs is 1. The second kappa shape index (κ2) is 7.72. The monoisotopic (exact) mass is 422 g/mol. The van der Waals surface area contributed by atoms with Gasteiger partial charge in [0, 0.05) is 12.4 Å². The van der Waals surface area contributed by atoms with Crippen molar-refractivity contribution in [1.82, 2.24) is 14.7 Å². The summed E-state index contributed by atoms with van der Waals surface area (Å²) in [5.74, 6) is -1.60. The van der Waals surface area contributed by atoms with Crippen LogP contribution in [0.3, 0.4) is 0 Å². The normalized spacial score (nSPS) is 12.1. The summed E-state index contributed by atoms with van der Waals surface area (Å²) in [7, 11) is 1.49. The van der Waals surface area contributed by atoms with E-state index in [2.05, 4.69) is 5.10 Å². The summed E-state index contributed by atoms with van der Waals surface area (Å²) in [4.78, 5) is 27.8. The number of hydrogen-bond acceptors (Lipinski definition) is 4. The Balaban J connectivity index is 1.73. The highest BCUT2D eigenvalue weighted by Crippen LogP contribution is 2.32. The van der Waals surface area contributed by atoms with Gasteiger partial charge in [0.2, 0.25) is 5.91 Å². The Hall–Kier alpha value is -3.52. The molecule has 2 aromatic heterocycles. The Morgan fingerprint density at radius 2 is 1.87 bits per heavy atom. The molecule has 2 N–H and O–H groups in total. The summed E-state index contributed by atoms with van der Waals surface area (Å²) in [5, 5.41) is 5.44. The van der Waals surface area contributed by atoms with Crippen molar-refractivity contribution in [3.05, 3.63) is 82.6 Å². The number of hydrogen-bond donors (Lipinski definition) is 1. The minimum absolute atomic E-state index is 0.325. The lowest BCUT2D eigenvalue weighted by molar-refractivity contribution is -0.122. The molecule has 30 heavy (non-hydrogen) atoms. The Morgan fingerprint density at radius 3 is 2.53 bits per heavy atom. The van der Waals surface area contributed by atoms with Crippen molar-refractivity contribution < 1.29 is 14.0 Å².